The number of rotatable bonds is 5. The van der Waals surface area contributed by atoms with E-state index < -0.39 is 0 Å². The van der Waals surface area contributed by atoms with E-state index in [1.807, 2.05) is 12.1 Å². The lowest BCUT2D eigenvalue weighted by atomic mass is 9.75. The molecule has 1 aromatic rings. The smallest absolute Gasteiger partial charge is 0.309 e. The summed E-state index contributed by atoms with van der Waals surface area (Å²) in [6, 6.07) is 8.06. The first-order chi connectivity index (χ1) is 11.5. The van der Waals surface area contributed by atoms with E-state index >= 15 is 0 Å². The molecule has 2 aliphatic carbocycles. The zero-order valence-electron chi connectivity index (χ0n) is 15.3. The summed E-state index contributed by atoms with van der Waals surface area (Å²) in [6.07, 6.45) is 4.49. The van der Waals surface area contributed by atoms with Crippen molar-refractivity contribution in [3.05, 3.63) is 29.8 Å². The molecule has 2 saturated carbocycles. The summed E-state index contributed by atoms with van der Waals surface area (Å²) in [5.74, 6) is 2.99. The molecule has 2 aliphatic rings. The van der Waals surface area contributed by atoms with Gasteiger partial charge in [-0.2, -0.15) is 0 Å². The predicted molar refractivity (Wildman–Crippen MR) is 95.1 cm³/mol. The topological polar surface area (TPSA) is 35.5 Å². The molecule has 0 amide bonds. The number of ether oxygens (including phenoxy) is 2. The van der Waals surface area contributed by atoms with Crippen molar-refractivity contribution in [3.63, 3.8) is 0 Å². The van der Waals surface area contributed by atoms with Crippen LogP contribution in [0.25, 0.3) is 0 Å². The van der Waals surface area contributed by atoms with Gasteiger partial charge in [-0.3, -0.25) is 4.79 Å². The number of hydrogen-bond donors (Lipinski definition) is 0. The van der Waals surface area contributed by atoms with Crippen molar-refractivity contribution in [2.75, 3.05) is 7.11 Å². The van der Waals surface area contributed by atoms with Gasteiger partial charge >= 0.3 is 5.97 Å². The number of carbonyl (C=O) groups is 1. The maximum Gasteiger partial charge on any atom is 0.309 e. The maximum atomic E-state index is 12.6. The summed E-state index contributed by atoms with van der Waals surface area (Å²) >= 11 is 0. The molecule has 24 heavy (non-hydrogen) atoms. The van der Waals surface area contributed by atoms with Gasteiger partial charge in [0.25, 0.3) is 0 Å². The average molecular weight is 330 g/mol. The van der Waals surface area contributed by atoms with E-state index in [-0.39, 0.29) is 18.0 Å². The largest absolute Gasteiger partial charge is 0.497 e. The first-order valence-corrected chi connectivity index (χ1v) is 9.34. The van der Waals surface area contributed by atoms with Crippen molar-refractivity contribution in [3.8, 4) is 5.75 Å². The lowest BCUT2D eigenvalue weighted by Gasteiger charge is -2.36. The molecule has 3 rings (SSSR count). The second-order valence-electron chi connectivity index (χ2n) is 8.02. The highest BCUT2D eigenvalue weighted by Crippen LogP contribution is 2.49. The summed E-state index contributed by atoms with van der Waals surface area (Å²) < 4.78 is 11.2. The van der Waals surface area contributed by atoms with Crippen LogP contribution in [0.1, 0.15) is 57.9 Å². The molecule has 0 aliphatic heterocycles. The number of methoxy groups -OCH3 is 1. The summed E-state index contributed by atoms with van der Waals surface area (Å²) in [5, 5.41) is 0. The fourth-order valence-electron chi connectivity index (χ4n) is 4.16. The average Bonchev–Trinajstić information content (AvgIpc) is 3.35. The Labute approximate surface area is 145 Å². The van der Waals surface area contributed by atoms with Gasteiger partial charge in [-0.05, 0) is 60.6 Å². The maximum absolute atomic E-state index is 12.6. The van der Waals surface area contributed by atoms with Crippen LogP contribution < -0.4 is 4.74 Å². The number of esters is 1. The van der Waals surface area contributed by atoms with Crippen LogP contribution in [0.4, 0.5) is 0 Å². The third-order valence-electron chi connectivity index (χ3n) is 5.87. The molecule has 0 spiro atoms. The third kappa shape index (κ3) is 3.76. The Morgan fingerprint density at radius 2 is 1.83 bits per heavy atom. The molecule has 132 valence electrons. The van der Waals surface area contributed by atoms with Gasteiger partial charge < -0.3 is 9.47 Å². The van der Waals surface area contributed by atoms with Crippen LogP contribution in [0.5, 0.6) is 5.75 Å². The quantitative estimate of drug-likeness (QED) is 0.727. The first-order valence-electron chi connectivity index (χ1n) is 9.34. The molecule has 0 saturated heterocycles. The highest BCUT2D eigenvalue weighted by atomic mass is 16.5. The standard InChI is InChI=1S/C21H30O3/c1-13(2)17-10-5-14(3)11-20(17)24-21(22)19-12-18(19)15-6-8-16(23-4)9-7-15/h6-9,13-14,17-20H,5,10-12H2,1-4H3/t14-,17+,18-,19-,20-/m0/s1. The predicted octanol–water partition coefficient (Wildman–Crippen LogP) is 4.80. The van der Waals surface area contributed by atoms with Gasteiger partial charge in [0, 0.05) is 0 Å². The molecule has 0 aromatic heterocycles. The number of hydrogen-bond acceptors (Lipinski definition) is 3. The highest BCUT2D eigenvalue weighted by Gasteiger charge is 2.46. The minimum atomic E-state index is 0.0144. The minimum Gasteiger partial charge on any atom is -0.497 e. The van der Waals surface area contributed by atoms with Crippen molar-refractivity contribution in [1.82, 2.24) is 0 Å². The summed E-state index contributed by atoms with van der Waals surface area (Å²) in [7, 11) is 1.67. The van der Waals surface area contributed by atoms with Gasteiger partial charge in [0.1, 0.15) is 11.9 Å². The molecule has 0 bridgehead atoms. The Bertz CT molecular complexity index is 563. The second kappa shape index (κ2) is 7.16. The van der Waals surface area contributed by atoms with E-state index in [9.17, 15) is 4.79 Å². The Morgan fingerprint density at radius 3 is 2.46 bits per heavy atom. The van der Waals surface area contributed by atoms with Gasteiger partial charge in [-0.1, -0.05) is 39.3 Å². The zero-order chi connectivity index (χ0) is 17.3. The fourth-order valence-corrected chi connectivity index (χ4v) is 4.16. The van der Waals surface area contributed by atoms with Crippen molar-refractivity contribution >= 4 is 5.97 Å². The van der Waals surface area contributed by atoms with Crippen molar-refractivity contribution < 1.29 is 14.3 Å². The highest BCUT2D eigenvalue weighted by molar-refractivity contribution is 5.77. The second-order valence-corrected chi connectivity index (χ2v) is 8.02. The van der Waals surface area contributed by atoms with Gasteiger partial charge in [-0.25, -0.2) is 0 Å². The molecule has 0 unspecified atom stereocenters. The molecule has 0 heterocycles. The monoisotopic (exact) mass is 330 g/mol. The van der Waals surface area contributed by atoms with Gasteiger partial charge in [0.05, 0.1) is 13.0 Å². The van der Waals surface area contributed by atoms with Crippen LogP contribution in [0.15, 0.2) is 24.3 Å². The fraction of sp³-hybridized carbons (Fsp3) is 0.667. The summed E-state index contributed by atoms with van der Waals surface area (Å²) in [4.78, 5) is 12.6. The molecule has 3 nitrogen and oxygen atoms in total. The van der Waals surface area contributed by atoms with Gasteiger partial charge in [-0.15, -0.1) is 0 Å². The summed E-state index contributed by atoms with van der Waals surface area (Å²) in [6.45, 7) is 6.77. The molecule has 0 radical (unpaired) electrons. The molecule has 1 aromatic carbocycles. The Kier molecular flexibility index (Phi) is 5.17. The molecule has 2 fully saturated rings. The van der Waals surface area contributed by atoms with E-state index in [4.69, 9.17) is 9.47 Å². The van der Waals surface area contributed by atoms with Crippen LogP contribution in [-0.4, -0.2) is 19.2 Å². The van der Waals surface area contributed by atoms with Crippen LogP contribution in [0.2, 0.25) is 0 Å². The van der Waals surface area contributed by atoms with Crippen molar-refractivity contribution in [1.29, 1.82) is 0 Å². The van der Waals surface area contributed by atoms with Crippen LogP contribution >= 0.6 is 0 Å². The number of carbonyl (C=O) groups excluding carboxylic acids is 1. The summed E-state index contributed by atoms with van der Waals surface area (Å²) in [5.41, 5.74) is 1.22. The zero-order valence-corrected chi connectivity index (χ0v) is 15.3. The van der Waals surface area contributed by atoms with E-state index in [2.05, 4.69) is 32.9 Å². The SMILES string of the molecule is COc1ccc([C@@H]2C[C@@H]2C(=O)O[C@H]2C[C@@H](C)CC[C@@H]2C(C)C)cc1. The lowest BCUT2D eigenvalue weighted by Crippen LogP contribution is -2.36. The molecule has 5 atom stereocenters. The molecule has 0 N–H and O–H groups in total. The van der Waals surface area contributed by atoms with E-state index in [0.717, 1.165) is 18.6 Å². The Balaban J connectivity index is 1.58. The molecular weight excluding hydrogens is 300 g/mol. The molecule has 3 heteroatoms. The third-order valence-corrected chi connectivity index (χ3v) is 5.87. The van der Waals surface area contributed by atoms with E-state index in [1.54, 1.807) is 7.11 Å². The number of benzene rings is 1. The van der Waals surface area contributed by atoms with Gasteiger partial charge in [0.2, 0.25) is 0 Å². The van der Waals surface area contributed by atoms with Crippen LogP contribution in [0, 0.1) is 23.7 Å². The molecular formula is C21H30O3. The van der Waals surface area contributed by atoms with Crippen molar-refractivity contribution in [2.24, 2.45) is 23.7 Å². The van der Waals surface area contributed by atoms with Gasteiger partial charge in [0.15, 0.2) is 0 Å². The minimum absolute atomic E-state index is 0.0144. The van der Waals surface area contributed by atoms with Crippen molar-refractivity contribution in [2.45, 2.75) is 58.5 Å². The Hall–Kier alpha value is -1.51. The van der Waals surface area contributed by atoms with Crippen LogP contribution in [0.3, 0.4) is 0 Å². The van der Waals surface area contributed by atoms with Crippen LogP contribution in [-0.2, 0) is 9.53 Å². The first kappa shape index (κ1) is 17.3. The lowest BCUT2D eigenvalue weighted by molar-refractivity contribution is -0.157. The van der Waals surface area contributed by atoms with E-state index in [0.29, 0.717) is 23.7 Å². The normalized spacial score (nSPS) is 32.5. The Morgan fingerprint density at radius 1 is 1.12 bits per heavy atom. The van der Waals surface area contributed by atoms with E-state index in [1.165, 1.54) is 18.4 Å².